The van der Waals surface area contributed by atoms with E-state index >= 15 is 0 Å². The molecular formula is C11H16N2O3. The normalized spacial score (nSPS) is 10.3. The first-order valence-corrected chi connectivity index (χ1v) is 5.26. The highest BCUT2D eigenvalue weighted by atomic mass is 16.6. The highest BCUT2D eigenvalue weighted by molar-refractivity contribution is 5.39. The maximum atomic E-state index is 10.7. The zero-order valence-corrected chi connectivity index (χ0v) is 9.31. The van der Waals surface area contributed by atoms with Crippen molar-refractivity contribution in [1.29, 1.82) is 0 Å². The van der Waals surface area contributed by atoms with Crippen LogP contribution >= 0.6 is 0 Å². The Balaban J connectivity index is 2.44. The molecule has 0 heterocycles. The second-order valence-corrected chi connectivity index (χ2v) is 3.26. The summed E-state index contributed by atoms with van der Waals surface area (Å²) in [4.78, 5) is 10.3. The molecule has 0 aliphatic heterocycles. The molecule has 0 atom stereocenters. The lowest BCUT2D eigenvalue weighted by Crippen LogP contribution is -2.19. The molecule has 16 heavy (non-hydrogen) atoms. The predicted molar refractivity (Wildman–Crippen MR) is 61.3 cm³/mol. The van der Waals surface area contributed by atoms with Crippen molar-refractivity contribution in [3.63, 3.8) is 0 Å². The van der Waals surface area contributed by atoms with Gasteiger partial charge in [-0.1, -0.05) is 18.2 Å². The summed E-state index contributed by atoms with van der Waals surface area (Å²) in [6.45, 7) is 4.43. The van der Waals surface area contributed by atoms with Crippen LogP contribution in [0.15, 0.2) is 24.3 Å². The van der Waals surface area contributed by atoms with Gasteiger partial charge >= 0.3 is 0 Å². The topological polar surface area (TPSA) is 64.4 Å². The first-order valence-electron chi connectivity index (χ1n) is 5.26. The average Bonchev–Trinajstić information content (AvgIpc) is 2.29. The third kappa shape index (κ3) is 3.96. The van der Waals surface area contributed by atoms with Gasteiger partial charge in [-0.15, -0.1) is 0 Å². The van der Waals surface area contributed by atoms with Gasteiger partial charge in [-0.2, -0.15) is 0 Å². The summed E-state index contributed by atoms with van der Waals surface area (Å²) in [7, 11) is 0. The zero-order chi connectivity index (χ0) is 11.8. The van der Waals surface area contributed by atoms with Crippen LogP contribution < -0.4 is 5.32 Å². The molecule has 1 rings (SSSR count). The van der Waals surface area contributed by atoms with Gasteiger partial charge in [0.25, 0.3) is 5.69 Å². The molecule has 88 valence electrons. The fraction of sp³-hybridized carbons (Fsp3) is 0.455. The molecule has 0 saturated heterocycles. The van der Waals surface area contributed by atoms with Crippen LogP contribution in [0.3, 0.4) is 0 Å². The Morgan fingerprint density at radius 1 is 1.44 bits per heavy atom. The fourth-order valence-corrected chi connectivity index (χ4v) is 1.35. The highest BCUT2D eigenvalue weighted by Crippen LogP contribution is 2.16. The zero-order valence-electron chi connectivity index (χ0n) is 9.31. The average molecular weight is 224 g/mol. The van der Waals surface area contributed by atoms with E-state index in [1.165, 1.54) is 6.07 Å². The number of hydrogen-bond donors (Lipinski definition) is 1. The van der Waals surface area contributed by atoms with Gasteiger partial charge in [0.05, 0.1) is 11.5 Å². The molecule has 0 radical (unpaired) electrons. The van der Waals surface area contributed by atoms with E-state index in [0.29, 0.717) is 31.9 Å². The molecule has 1 aromatic rings. The second-order valence-electron chi connectivity index (χ2n) is 3.26. The summed E-state index contributed by atoms with van der Waals surface area (Å²) in [6, 6.07) is 6.74. The number of ether oxygens (including phenoxy) is 1. The summed E-state index contributed by atoms with van der Waals surface area (Å²) in [5.74, 6) is 0. The van der Waals surface area contributed by atoms with E-state index in [2.05, 4.69) is 5.32 Å². The number of nitro benzene ring substituents is 1. The van der Waals surface area contributed by atoms with Crippen LogP contribution in [0.2, 0.25) is 0 Å². The lowest BCUT2D eigenvalue weighted by molar-refractivity contribution is -0.385. The van der Waals surface area contributed by atoms with E-state index in [1.807, 2.05) is 6.92 Å². The summed E-state index contributed by atoms with van der Waals surface area (Å²) in [5.41, 5.74) is 0.857. The van der Waals surface area contributed by atoms with Crippen molar-refractivity contribution >= 4 is 5.69 Å². The molecule has 0 aromatic heterocycles. The minimum Gasteiger partial charge on any atom is -0.380 e. The quantitative estimate of drug-likeness (QED) is 0.435. The van der Waals surface area contributed by atoms with E-state index in [9.17, 15) is 10.1 Å². The van der Waals surface area contributed by atoms with Crippen LogP contribution in [-0.4, -0.2) is 24.7 Å². The number of rotatable bonds is 7. The van der Waals surface area contributed by atoms with Gasteiger partial charge in [0.1, 0.15) is 0 Å². The third-order valence-corrected chi connectivity index (χ3v) is 2.13. The molecule has 0 saturated carbocycles. The molecule has 5 heteroatoms. The van der Waals surface area contributed by atoms with Crippen LogP contribution in [0, 0.1) is 10.1 Å². The molecule has 1 N–H and O–H groups in total. The van der Waals surface area contributed by atoms with Crippen molar-refractivity contribution in [2.24, 2.45) is 0 Å². The number of para-hydroxylation sites is 1. The third-order valence-electron chi connectivity index (χ3n) is 2.13. The van der Waals surface area contributed by atoms with Gasteiger partial charge < -0.3 is 10.1 Å². The van der Waals surface area contributed by atoms with Crippen LogP contribution in [0.1, 0.15) is 12.5 Å². The molecule has 0 unspecified atom stereocenters. The van der Waals surface area contributed by atoms with Crippen molar-refractivity contribution in [3.05, 3.63) is 39.9 Å². The number of hydrogen-bond acceptors (Lipinski definition) is 4. The van der Waals surface area contributed by atoms with E-state index < -0.39 is 0 Å². The van der Waals surface area contributed by atoms with Crippen molar-refractivity contribution < 1.29 is 9.66 Å². The first kappa shape index (κ1) is 12.6. The molecule has 1 aromatic carbocycles. The van der Waals surface area contributed by atoms with Crippen molar-refractivity contribution in [1.82, 2.24) is 5.32 Å². The van der Waals surface area contributed by atoms with Crippen molar-refractivity contribution in [2.75, 3.05) is 19.8 Å². The summed E-state index contributed by atoms with van der Waals surface area (Å²) < 4.78 is 5.15. The van der Waals surface area contributed by atoms with E-state index in [-0.39, 0.29) is 10.6 Å². The Kier molecular flexibility index (Phi) is 5.45. The predicted octanol–water partition coefficient (Wildman–Crippen LogP) is 1.72. The number of benzene rings is 1. The van der Waals surface area contributed by atoms with Gasteiger partial charge in [-0.3, -0.25) is 10.1 Å². The van der Waals surface area contributed by atoms with Gasteiger partial charge in [0, 0.05) is 31.3 Å². The molecule has 0 aliphatic rings. The minimum atomic E-state index is -0.362. The van der Waals surface area contributed by atoms with Crippen molar-refractivity contribution in [3.8, 4) is 0 Å². The Hall–Kier alpha value is -1.46. The van der Waals surface area contributed by atoms with Crippen LogP contribution in [0.4, 0.5) is 5.69 Å². The molecule has 0 bridgehead atoms. The van der Waals surface area contributed by atoms with Gasteiger partial charge in [0.15, 0.2) is 0 Å². The molecular weight excluding hydrogens is 208 g/mol. The lowest BCUT2D eigenvalue weighted by Gasteiger charge is -2.05. The maximum Gasteiger partial charge on any atom is 0.273 e. The Labute approximate surface area is 94.6 Å². The molecule has 0 amide bonds. The van der Waals surface area contributed by atoms with Crippen molar-refractivity contribution in [2.45, 2.75) is 13.5 Å². The number of nitro groups is 1. The largest absolute Gasteiger partial charge is 0.380 e. The van der Waals surface area contributed by atoms with Gasteiger partial charge in [-0.05, 0) is 6.92 Å². The Bertz CT molecular complexity index is 342. The first-order chi connectivity index (χ1) is 7.75. The minimum absolute atomic E-state index is 0.159. The summed E-state index contributed by atoms with van der Waals surface area (Å²) >= 11 is 0. The Morgan fingerprint density at radius 2 is 2.19 bits per heavy atom. The van der Waals surface area contributed by atoms with Crippen LogP contribution in [-0.2, 0) is 11.3 Å². The molecule has 0 spiro atoms. The number of nitrogens with one attached hydrogen (secondary N) is 1. The summed E-state index contributed by atoms with van der Waals surface area (Å²) in [6.07, 6.45) is 0. The summed E-state index contributed by atoms with van der Waals surface area (Å²) in [5, 5.41) is 13.8. The standard InChI is InChI=1S/C11H16N2O3/c1-2-16-8-7-12-9-10-5-3-4-6-11(10)13(14)15/h3-6,12H,2,7-9H2,1H3. The highest BCUT2D eigenvalue weighted by Gasteiger charge is 2.10. The molecule has 0 fully saturated rings. The maximum absolute atomic E-state index is 10.7. The fourth-order valence-electron chi connectivity index (χ4n) is 1.35. The Morgan fingerprint density at radius 3 is 2.88 bits per heavy atom. The van der Waals surface area contributed by atoms with Crippen LogP contribution in [0.25, 0.3) is 0 Å². The monoisotopic (exact) mass is 224 g/mol. The van der Waals surface area contributed by atoms with Gasteiger partial charge in [-0.25, -0.2) is 0 Å². The smallest absolute Gasteiger partial charge is 0.273 e. The molecule has 5 nitrogen and oxygen atoms in total. The lowest BCUT2D eigenvalue weighted by atomic mass is 10.2. The molecule has 0 aliphatic carbocycles. The second kappa shape index (κ2) is 6.92. The van der Waals surface area contributed by atoms with E-state index in [4.69, 9.17) is 4.74 Å². The number of nitrogens with zero attached hydrogens (tertiary/aromatic N) is 1. The van der Waals surface area contributed by atoms with E-state index in [1.54, 1.807) is 18.2 Å². The van der Waals surface area contributed by atoms with E-state index in [0.717, 1.165) is 0 Å². The van der Waals surface area contributed by atoms with Gasteiger partial charge in [0.2, 0.25) is 0 Å². The van der Waals surface area contributed by atoms with Crippen LogP contribution in [0.5, 0.6) is 0 Å². The SMILES string of the molecule is CCOCCNCc1ccccc1[N+](=O)[O-].